The molecule has 2 aliphatic rings. The average molecular weight is 1430 g/mol. The largest absolute Gasteiger partial charge is 1.00 e. The van der Waals surface area contributed by atoms with Gasteiger partial charge in [0.15, 0.2) is 0 Å². The maximum atomic E-state index is 13.9. The SMILES string of the molecule is Cc1cc(C)c(NS(=O)(=O)c2cc(C(=O)[O-])cc(C(=O)[O-])c2O)c(C)c1Nc1[c-]cc2c(-c3ccccc3S(=O)(=O)[O-])c3cc(S(=O)(=O)[O-])c(=[NH+]c4c(C)cc(C)c(NS(=O)(=O)c5cc(C(=O)[O-])cc(C(=O)[O-])c5O)c4C)cc-3oc2c1.[K+].[K+].[K+].[K+].[K+].[K+]. The van der Waals surface area contributed by atoms with E-state index >= 15 is 0 Å². The van der Waals surface area contributed by atoms with Gasteiger partial charge in [-0.25, -0.2) is 38.7 Å². The minimum Gasteiger partial charge on any atom is -0.744 e. The molecule has 1 heterocycles. The summed E-state index contributed by atoms with van der Waals surface area (Å²) in [5.41, 5.74) is -3.86. The van der Waals surface area contributed by atoms with Crippen molar-refractivity contribution in [1.82, 2.24) is 0 Å². The van der Waals surface area contributed by atoms with Gasteiger partial charge in [-0.3, -0.25) is 9.44 Å². The van der Waals surface area contributed by atoms with E-state index in [2.05, 4.69) is 25.8 Å². The van der Waals surface area contributed by atoms with Gasteiger partial charge in [0.25, 0.3) is 20.0 Å². The van der Waals surface area contributed by atoms with Crippen molar-refractivity contribution in [2.24, 2.45) is 0 Å². The molecule has 6 N–H and O–H groups in total. The molecule has 426 valence electrons. The first-order valence-corrected chi connectivity index (χ1v) is 29.0. The van der Waals surface area contributed by atoms with Gasteiger partial charge < -0.3 is 68.7 Å². The average Bonchev–Trinajstić information content (AvgIpc) is 1.32. The van der Waals surface area contributed by atoms with Crippen LogP contribution < -0.4 is 354 Å². The van der Waals surface area contributed by atoms with Crippen molar-refractivity contribution in [3.05, 3.63) is 152 Å². The Balaban J connectivity index is 0.00000440. The Morgan fingerprint density at radius 3 is 1.44 bits per heavy atom. The second kappa shape index (κ2) is 33.1. The van der Waals surface area contributed by atoms with Crippen LogP contribution >= 0.6 is 0 Å². The van der Waals surface area contributed by atoms with E-state index < -0.39 is 123 Å². The van der Waals surface area contributed by atoms with Crippen LogP contribution in [0.3, 0.4) is 0 Å². The number of fused-ring (bicyclic) bond motifs is 2. The number of aromatic carboxylic acids is 4. The summed E-state index contributed by atoms with van der Waals surface area (Å²) in [6.07, 6.45) is 0. The van der Waals surface area contributed by atoms with Gasteiger partial charge in [0.1, 0.15) is 52.2 Å². The van der Waals surface area contributed by atoms with Gasteiger partial charge in [-0.1, -0.05) is 40.9 Å². The van der Waals surface area contributed by atoms with Gasteiger partial charge in [-0.15, -0.1) is 6.07 Å². The zero-order chi connectivity index (χ0) is 60.6. The molecule has 0 saturated carbocycles. The third-order valence-electron chi connectivity index (χ3n) is 13.0. The van der Waals surface area contributed by atoms with Gasteiger partial charge >= 0.3 is 308 Å². The molecule has 0 spiro atoms. The number of rotatable bonds is 16. The molecule has 1 aliphatic carbocycles. The number of aryl methyl sites for hydroxylation is 4. The Hall–Kier alpha value is 0.428. The summed E-state index contributed by atoms with van der Waals surface area (Å²) in [7, 11) is -21.0. The van der Waals surface area contributed by atoms with Crippen LogP contribution in [0.5, 0.6) is 11.5 Å². The molecule has 88 heavy (non-hydrogen) atoms. The standard InChI is InChI=1S/C53H43N4O21S4.6K/c1-22-13-24(3)46(56-79(68,69)41-17-28(50(60)61)15-34(48(41)58)52(64)65)26(5)44(22)54-30-11-12-31-37(19-30)78-38-21-36(40(82(75,76)77)20-33(38)43(31)32-9-7-8-10-39(32)81(72,73)74)55-45-23(2)14-25(4)47(27(45)6)57-80(70,71)42-18-29(51(62)63)16-35(49(42)59)53(66)67;;;;;;/h7-10,12-21,54,56-59H,1-6H3,(H,60,61)(H,62,63)(H,64,65)(H,66,67)(H,72,73,74)(H,75,76,77);;;;;;/q-1;6*+1/p-5. The fourth-order valence-corrected chi connectivity index (χ4v) is 13.3. The zero-order valence-corrected chi connectivity index (χ0v) is 70.9. The number of benzene rings is 7. The molecule has 0 aromatic heterocycles. The number of carboxylic acid groups (broad SMARTS) is 4. The number of carbonyl (C=O) groups is 4. The number of nitrogens with one attached hydrogen (secondary N) is 4. The first-order chi connectivity index (χ1) is 38.0. The molecule has 0 atom stereocenters. The summed E-state index contributed by atoms with van der Waals surface area (Å²) in [6.45, 7) is 8.86. The van der Waals surface area contributed by atoms with Crippen LogP contribution in [0.15, 0.2) is 109 Å². The van der Waals surface area contributed by atoms with E-state index in [9.17, 15) is 92.6 Å². The van der Waals surface area contributed by atoms with Gasteiger partial charge in [0.05, 0.1) is 46.2 Å². The van der Waals surface area contributed by atoms with E-state index in [1.807, 2.05) is 0 Å². The number of carboxylic acids is 4. The molecule has 0 unspecified atom stereocenters. The predicted molar refractivity (Wildman–Crippen MR) is 277 cm³/mol. The van der Waals surface area contributed by atoms with Crippen LogP contribution in [-0.2, 0) is 40.3 Å². The van der Waals surface area contributed by atoms with Gasteiger partial charge in [0, 0.05) is 39.1 Å². The second-order valence-electron chi connectivity index (χ2n) is 18.5. The summed E-state index contributed by atoms with van der Waals surface area (Å²) in [5, 5.41) is 70.9. The first kappa shape index (κ1) is 84.5. The van der Waals surface area contributed by atoms with E-state index in [-0.39, 0.29) is 398 Å². The van der Waals surface area contributed by atoms with Crippen molar-refractivity contribution < 1.29 is 410 Å². The van der Waals surface area contributed by atoms with Crippen molar-refractivity contribution >= 4 is 104 Å². The monoisotopic (exact) mass is 1430 g/mol. The van der Waals surface area contributed by atoms with E-state index in [1.165, 1.54) is 77.1 Å². The summed E-state index contributed by atoms with van der Waals surface area (Å²) in [6, 6.07) is 17.0. The number of hydrogen-bond acceptors (Lipinski definition) is 22. The van der Waals surface area contributed by atoms with Crippen molar-refractivity contribution in [2.75, 3.05) is 14.8 Å². The Morgan fingerprint density at radius 2 is 0.977 bits per heavy atom. The van der Waals surface area contributed by atoms with Crippen molar-refractivity contribution in [3.8, 4) is 33.9 Å². The molecular formula is C53H38K6N4O21S4. The minimum absolute atomic E-state index is 0. The smallest absolute Gasteiger partial charge is 0.744 e. The summed E-state index contributed by atoms with van der Waals surface area (Å²) >= 11 is 0. The maximum Gasteiger partial charge on any atom is 1.00 e. The van der Waals surface area contributed by atoms with Crippen LogP contribution in [-0.4, -0.2) is 76.9 Å². The molecule has 0 fully saturated rings. The van der Waals surface area contributed by atoms with E-state index in [0.717, 1.165) is 18.2 Å². The van der Waals surface area contributed by atoms with Crippen molar-refractivity contribution in [3.63, 3.8) is 0 Å². The quantitative estimate of drug-likeness (QED) is 0.0226. The van der Waals surface area contributed by atoms with E-state index in [4.69, 9.17) is 4.42 Å². The molecule has 25 nitrogen and oxygen atoms in total. The number of sulfonamides is 2. The Morgan fingerprint density at radius 1 is 0.523 bits per heavy atom. The van der Waals surface area contributed by atoms with Gasteiger partial charge in [0.2, 0.25) is 11.0 Å². The Kier molecular flexibility index (Phi) is 31.8. The predicted octanol–water partition coefficient (Wildman–Crippen LogP) is -17.8. The maximum absolute atomic E-state index is 13.9. The number of carbonyl (C=O) groups excluding carboxylic acids is 4. The molecule has 0 saturated heterocycles. The summed E-state index contributed by atoms with van der Waals surface area (Å²) in [4.78, 5) is 45.7. The normalized spacial score (nSPS) is 11.5. The van der Waals surface area contributed by atoms with Crippen LogP contribution in [0, 0.1) is 47.6 Å². The first-order valence-electron chi connectivity index (χ1n) is 23.2. The van der Waals surface area contributed by atoms with Crippen LogP contribution in [0.2, 0.25) is 0 Å². The molecule has 0 bridgehead atoms. The van der Waals surface area contributed by atoms with Crippen LogP contribution in [0.4, 0.5) is 28.4 Å². The molecule has 0 radical (unpaired) electrons. The number of anilines is 4. The third kappa shape index (κ3) is 18.1. The topological polar surface area (TPSA) is 447 Å². The Bertz CT molecular complexity index is 4720. The fourth-order valence-electron chi connectivity index (χ4n) is 9.30. The van der Waals surface area contributed by atoms with Crippen molar-refractivity contribution in [2.45, 2.75) is 61.1 Å². The number of hydrogen-bond donors (Lipinski definition) is 6. The zero-order valence-electron chi connectivity index (χ0n) is 48.9. The fraction of sp³-hybridized carbons (Fsp3) is 0.113. The second-order valence-corrected chi connectivity index (χ2v) is 24.5. The minimum atomic E-state index is -5.57. The van der Waals surface area contributed by atoms with Gasteiger partial charge in [-0.2, -0.15) is 12.1 Å². The van der Waals surface area contributed by atoms with Crippen molar-refractivity contribution in [1.29, 1.82) is 0 Å². The van der Waals surface area contributed by atoms with Gasteiger partial charge in [-0.05, 0) is 123 Å². The summed E-state index contributed by atoms with van der Waals surface area (Å²) < 4.78 is 145. The third-order valence-corrected chi connectivity index (χ3v) is 17.5. The molecule has 6 aromatic carbocycles. The van der Waals surface area contributed by atoms with Crippen LogP contribution in [0.1, 0.15) is 74.8 Å². The molecule has 1 aliphatic heterocycles. The number of phenols is 2. The summed E-state index contributed by atoms with van der Waals surface area (Å²) in [5.74, 6) is -11.2. The molecular weight excluding hydrogens is 1390 g/mol. The van der Waals surface area contributed by atoms with E-state index in [0.29, 0.717) is 29.8 Å². The van der Waals surface area contributed by atoms with Crippen LogP contribution in [0.25, 0.3) is 33.4 Å². The molecule has 6 aromatic rings. The number of aromatic hydroxyl groups is 2. The molecule has 0 amide bonds. The van der Waals surface area contributed by atoms with E-state index in [1.54, 1.807) is 6.92 Å². The molecule has 8 rings (SSSR count). The molecule has 35 heteroatoms. The Labute approximate surface area is 758 Å².